The minimum atomic E-state index is -0.521. The molecule has 3 aromatic carbocycles. The van der Waals surface area contributed by atoms with Crippen LogP contribution < -0.4 is 15.2 Å². The lowest BCUT2D eigenvalue weighted by Crippen LogP contribution is -2.30. The summed E-state index contributed by atoms with van der Waals surface area (Å²) in [5.41, 5.74) is 12.4. The van der Waals surface area contributed by atoms with Crippen molar-refractivity contribution in [3.05, 3.63) is 107 Å². The topological polar surface area (TPSA) is 109 Å². The van der Waals surface area contributed by atoms with E-state index in [9.17, 15) is 4.79 Å². The van der Waals surface area contributed by atoms with E-state index in [1.54, 1.807) is 13.3 Å². The zero-order valence-corrected chi connectivity index (χ0v) is 22.0. The molecule has 0 aliphatic rings. The molecule has 8 nitrogen and oxygen atoms in total. The Kier molecular flexibility index (Phi) is 6.26. The van der Waals surface area contributed by atoms with Crippen LogP contribution in [-0.2, 0) is 0 Å². The Labute approximate surface area is 228 Å². The van der Waals surface area contributed by atoms with E-state index >= 15 is 0 Å². The van der Waals surface area contributed by atoms with Gasteiger partial charge >= 0.3 is 0 Å². The molecule has 9 heteroatoms. The summed E-state index contributed by atoms with van der Waals surface area (Å²) in [6.07, 6.45) is 1.55. The number of hydrogen-bond acceptors (Lipinski definition) is 7. The van der Waals surface area contributed by atoms with Crippen LogP contribution in [0, 0.1) is 6.92 Å². The van der Waals surface area contributed by atoms with Gasteiger partial charge in [-0.3, -0.25) is 0 Å². The SMILES string of the molecule is COc1ccc(-c2cc(-c3ccc(C)cc3)c3c(N)c(C(=O)[N-]c4c[n+](-c5ccccc5)no4)sc3n2)cc1. The normalized spacial score (nSPS) is 11.0. The van der Waals surface area contributed by atoms with E-state index in [2.05, 4.69) is 10.6 Å². The molecule has 0 saturated carbocycles. The summed E-state index contributed by atoms with van der Waals surface area (Å²) in [5.74, 6) is 0.313. The van der Waals surface area contributed by atoms with Crippen LogP contribution in [0.2, 0.25) is 0 Å². The van der Waals surface area contributed by atoms with E-state index < -0.39 is 5.91 Å². The summed E-state index contributed by atoms with van der Waals surface area (Å²) in [6, 6.07) is 27.3. The molecule has 3 heterocycles. The number of aromatic nitrogens is 3. The van der Waals surface area contributed by atoms with Gasteiger partial charge in [0.2, 0.25) is 17.2 Å². The highest BCUT2D eigenvalue weighted by molar-refractivity contribution is 7.21. The number of rotatable bonds is 6. The van der Waals surface area contributed by atoms with Crippen molar-refractivity contribution in [1.82, 2.24) is 10.3 Å². The third kappa shape index (κ3) is 4.71. The van der Waals surface area contributed by atoms with Crippen LogP contribution in [0.5, 0.6) is 5.75 Å². The number of aryl methyl sites for hydroxylation is 1. The molecular formula is C30H23N5O3S. The van der Waals surface area contributed by atoms with Crippen molar-refractivity contribution in [2.45, 2.75) is 6.92 Å². The molecule has 3 aromatic heterocycles. The first kappa shape index (κ1) is 24.3. The fourth-order valence-corrected chi connectivity index (χ4v) is 5.29. The molecule has 0 aliphatic carbocycles. The largest absolute Gasteiger partial charge is 0.583 e. The molecule has 0 fully saturated rings. The molecule has 1 amide bonds. The minimum absolute atomic E-state index is 0.0753. The average molecular weight is 534 g/mol. The number of ether oxygens (including phenoxy) is 1. The van der Waals surface area contributed by atoms with Gasteiger partial charge in [0, 0.05) is 23.1 Å². The molecule has 6 aromatic rings. The average Bonchev–Trinajstić information content (AvgIpc) is 3.58. The van der Waals surface area contributed by atoms with Gasteiger partial charge in [-0.1, -0.05) is 48.0 Å². The van der Waals surface area contributed by atoms with Crippen molar-refractivity contribution in [3.8, 4) is 33.8 Å². The number of nitrogens with two attached hydrogens (primary N) is 1. The van der Waals surface area contributed by atoms with Gasteiger partial charge in [-0.05, 0) is 53.1 Å². The van der Waals surface area contributed by atoms with Gasteiger partial charge in [0.15, 0.2) is 0 Å². The fourth-order valence-electron chi connectivity index (χ4n) is 4.29. The number of anilines is 1. The van der Waals surface area contributed by atoms with Crippen LogP contribution in [0.3, 0.4) is 0 Å². The predicted octanol–water partition coefficient (Wildman–Crippen LogP) is 6.64. The quantitative estimate of drug-likeness (QED) is 0.240. The van der Waals surface area contributed by atoms with Crippen LogP contribution >= 0.6 is 11.3 Å². The monoisotopic (exact) mass is 533 g/mol. The maximum Gasteiger partial charge on any atom is 0.241 e. The third-order valence-electron chi connectivity index (χ3n) is 6.33. The van der Waals surface area contributed by atoms with Crippen LogP contribution in [0.25, 0.3) is 43.6 Å². The molecule has 0 unspecified atom stereocenters. The molecule has 0 bridgehead atoms. The molecule has 0 atom stereocenters. The highest BCUT2D eigenvalue weighted by Crippen LogP contribution is 2.42. The van der Waals surface area contributed by atoms with E-state index in [4.69, 9.17) is 20.0 Å². The highest BCUT2D eigenvalue weighted by atomic mass is 32.1. The van der Waals surface area contributed by atoms with E-state index in [-0.39, 0.29) is 5.88 Å². The number of carbonyl (C=O) groups excluding carboxylic acids is 1. The lowest BCUT2D eigenvalue weighted by atomic mass is 9.98. The maximum atomic E-state index is 13.3. The zero-order chi connectivity index (χ0) is 26.9. The molecule has 0 saturated heterocycles. The predicted molar refractivity (Wildman–Crippen MR) is 152 cm³/mol. The lowest BCUT2D eigenvalue weighted by Gasteiger charge is -2.12. The number of nitrogens with zero attached hydrogens (tertiary/aromatic N) is 4. The Morgan fingerprint density at radius 3 is 2.44 bits per heavy atom. The number of pyridine rings is 1. The van der Waals surface area contributed by atoms with Gasteiger partial charge in [-0.2, -0.15) is 0 Å². The van der Waals surface area contributed by atoms with Gasteiger partial charge in [-0.25, -0.2) is 4.98 Å². The van der Waals surface area contributed by atoms with Crippen LogP contribution in [0.4, 0.5) is 11.6 Å². The smallest absolute Gasteiger partial charge is 0.241 e. The van der Waals surface area contributed by atoms with Gasteiger partial charge < -0.3 is 25.1 Å². The van der Waals surface area contributed by atoms with Gasteiger partial charge in [-0.15, -0.1) is 11.3 Å². The number of nitrogen functional groups attached to an aromatic ring is 1. The molecule has 2 N–H and O–H groups in total. The van der Waals surface area contributed by atoms with Crippen molar-refractivity contribution in [1.29, 1.82) is 0 Å². The van der Waals surface area contributed by atoms with Gasteiger partial charge in [0.05, 0.1) is 23.4 Å². The number of hydrogen-bond donors (Lipinski definition) is 1. The maximum absolute atomic E-state index is 13.3. The van der Waals surface area contributed by atoms with Crippen LogP contribution in [0.15, 0.2) is 95.6 Å². The van der Waals surface area contributed by atoms with Crippen molar-refractivity contribution in [2.75, 3.05) is 12.8 Å². The van der Waals surface area contributed by atoms with Crippen molar-refractivity contribution in [2.24, 2.45) is 0 Å². The van der Waals surface area contributed by atoms with E-state index in [0.29, 0.717) is 15.4 Å². The number of carbonyl (C=O) groups is 1. The van der Waals surface area contributed by atoms with Crippen molar-refractivity contribution >= 4 is 39.0 Å². The number of methoxy groups -OCH3 is 1. The molecule has 0 radical (unpaired) electrons. The number of benzene rings is 3. The van der Waals surface area contributed by atoms with Crippen molar-refractivity contribution < 1.29 is 18.7 Å². The first-order valence-corrected chi connectivity index (χ1v) is 13.0. The Balaban J connectivity index is 1.41. The van der Waals surface area contributed by atoms with Gasteiger partial charge in [0.25, 0.3) is 0 Å². The molecule has 6 rings (SSSR count). The van der Waals surface area contributed by atoms with E-state index in [1.165, 1.54) is 16.0 Å². The Hall–Kier alpha value is -5.02. The van der Waals surface area contributed by atoms with Crippen molar-refractivity contribution in [3.63, 3.8) is 0 Å². The second-order valence-corrected chi connectivity index (χ2v) is 9.91. The summed E-state index contributed by atoms with van der Waals surface area (Å²) in [7, 11) is 1.63. The molecule has 0 spiro atoms. The second-order valence-electron chi connectivity index (χ2n) is 8.91. The number of thiophene rings is 1. The fraction of sp³-hybridized carbons (Fsp3) is 0.0667. The lowest BCUT2D eigenvalue weighted by molar-refractivity contribution is -0.670. The Bertz CT molecular complexity index is 1790. The summed E-state index contributed by atoms with van der Waals surface area (Å²) in [4.78, 5) is 19.1. The van der Waals surface area contributed by atoms with E-state index in [1.807, 2.05) is 91.9 Å². The standard InChI is InChI=1S/C30H23N5O3S/c1-18-8-10-19(11-9-18)23-16-24(20-12-14-22(37-2)15-13-20)32-30-26(23)27(31)28(39-30)29(36)33-25-17-35(34-38-25)21-6-4-3-5-7-21/h3-17H,1-2H3,(H2-,31,33,34,36). The Morgan fingerprint density at radius 1 is 1.00 bits per heavy atom. The first-order valence-electron chi connectivity index (χ1n) is 12.1. The molecule has 0 aliphatic heterocycles. The summed E-state index contributed by atoms with van der Waals surface area (Å²) < 4.78 is 12.1. The Morgan fingerprint density at radius 2 is 1.72 bits per heavy atom. The minimum Gasteiger partial charge on any atom is -0.583 e. The number of amides is 1. The van der Waals surface area contributed by atoms with Crippen LogP contribution in [-0.4, -0.2) is 23.3 Å². The molecule has 192 valence electrons. The second kappa shape index (κ2) is 10.0. The molecule has 39 heavy (non-hydrogen) atoms. The molecular weight excluding hydrogens is 510 g/mol. The summed E-state index contributed by atoms with van der Waals surface area (Å²) in [6.45, 7) is 2.04. The summed E-state index contributed by atoms with van der Waals surface area (Å²) >= 11 is 1.21. The summed E-state index contributed by atoms with van der Waals surface area (Å²) in [5, 5.41) is 8.83. The third-order valence-corrected chi connectivity index (χ3v) is 7.42. The van der Waals surface area contributed by atoms with Crippen LogP contribution in [0.1, 0.15) is 15.2 Å². The first-order chi connectivity index (χ1) is 19.0. The van der Waals surface area contributed by atoms with E-state index in [0.717, 1.165) is 44.8 Å². The highest BCUT2D eigenvalue weighted by Gasteiger charge is 2.20. The number of para-hydroxylation sites is 1. The van der Waals surface area contributed by atoms with Gasteiger partial charge in [0.1, 0.15) is 22.4 Å². The number of fused-ring (bicyclic) bond motifs is 1. The zero-order valence-electron chi connectivity index (χ0n) is 21.2.